The molecule has 7 heteroatoms. The third kappa shape index (κ3) is 4.43. The van der Waals surface area contributed by atoms with E-state index in [1.54, 1.807) is 24.1 Å². The Morgan fingerprint density at radius 3 is 2.58 bits per heavy atom. The number of hydrogen-bond acceptors (Lipinski definition) is 6. The van der Waals surface area contributed by atoms with Crippen molar-refractivity contribution in [3.05, 3.63) is 94.2 Å². The molecule has 0 amide bonds. The number of benzene rings is 2. The molecule has 0 radical (unpaired) electrons. The van der Waals surface area contributed by atoms with E-state index in [-0.39, 0.29) is 12.3 Å². The molecular formula is C26H23N3O4. The second-order valence-corrected chi connectivity index (χ2v) is 7.92. The number of aryl methyl sites for hydroxylation is 2. The van der Waals surface area contributed by atoms with Gasteiger partial charge in [-0.05, 0) is 66.4 Å². The highest BCUT2D eigenvalue weighted by Crippen LogP contribution is 2.32. The van der Waals surface area contributed by atoms with Gasteiger partial charge in [0.05, 0.1) is 19.0 Å². The summed E-state index contributed by atoms with van der Waals surface area (Å²) < 4.78 is 18.7. The largest absolute Gasteiger partial charge is 0.497 e. The Morgan fingerprint density at radius 2 is 1.79 bits per heavy atom. The van der Waals surface area contributed by atoms with Crippen molar-refractivity contribution in [3.63, 3.8) is 0 Å². The first-order chi connectivity index (χ1) is 16.1. The summed E-state index contributed by atoms with van der Waals surface area (Å²) in [5.41, 5.74) is 4.62. The summed E-state index contributed by atoms with van der Waals surface area (Å²) >= 11 is 0. The molecule has 7 nitrogen and oxygen atoms in total. The van der Waals surface area contributed by atoms with Gasteiger partial charge in [0.25, 0.3) is 0 Å². The van der Waals surface area contributed by atoms with Crippen LogP contribution < -0.4 is 19.9 Å². The standard InChI is InChI=1S/C26H23N3O4/c1-17-11-22(15-27-14-17)33-20-5-3-18(4-6-20)16-32-25-13-24-23-8-7-21(31-2)12-19(23)9-10-29(24)26(30)28-25/h3-8,11-15H,9-10,16H2,1-2H3. The Hall–Kier alpha value is -4.13. The molecule has 0 N–H and O–H groups in total. The summed E-state index contributed by atoms with van der Waals surface area (Å²) in [5, 5.41) is 0. The highest BCUT2D eigenvalue weighted by Gasteiger charge is 2.19. The van der Waals surface area contributed by atoms with E-state index >= 15 is 0 Å². The normalized spacial score (nSPS) is 11.9. The van der Waals surface area contributed by atoms with Crippen LogP contribution in [0.15, 0.2) is 71.8 Å². The van der Waals surface area contributed by atoms with Crippen LogP contribution in [0.25, 0.3) is 11.3 Å². The number of rotatable bonds is 6. The van der Waals surface area contributed by atoms with Crippen molar-refractivity contribution in [1.82, 2.24) is 14.5 Å². The smallest absolute Gasteiger partial charge is 0.351 e. The molecule has 1 aliphatic heterocycles. The van der Waals surface area contributed by atoms with Crippen molar-refractivity contribution < 1.29 is 14.2 Å². The fraction of sp³-hybridized carbons (Fsp3) is 0.192. The SMILES string of the molecule is COc1ccc2c(c1)CCn1c-2cc(OCc2ccc(Oc3cncc(C)c3)cc2)nc1=O. The summed E-state index contributed by atoms with van der Waals surface area (Å²) in [6.45, 7) is 2.84. The summed E-state index contributed by atoms with van der Waals surface area (Å²) in [6.07, 6.45) is 4.22. The van der Waals surface area contributed by atoms with E-state index in [0.717, 1.165) is 40.1 Å². The van der Waals surface area contributed by atoms with E-state index < -0.39 is 0 Å². The van der Waals surface area contributed by atoms with Crippen LogP contribution in [0.4, 0.5) is 0 Å². The first-order valence-corrected chi connectivity index (χ1v) is 10.7. The van der Waals surface area contributed by atoms with Crippen molar-refractivity contribution in [3.8, 4) is 34.4 Å². The first kappa shape index (κ1) is 20.8. The number of nitrogens with zero attached hydrogens (tertiary/aromatic N) is 3. The van der Waals surface area contributed by atoms with Crippen LogP contribution in [0.3, 0.4) is 0 Å². The lowest BCUT2D eigenvalue weighted by Crippen LogP contribution is -2.28. The van der Waals surface area contributed by atoms with Gasteiger partial charge in [0.15, 0.2) is 0 Å². The molecule has 33 heavy (non-hydrogen) atoms. The molecular weight excluding hydrogens is 418 g/mol. The molecule has 0 fully saturated rings. The van der Waals surface area contributed by atoms with Gasteiger partial charge in [-0.1, -0.05) is 12.1 Å². The first-order valence-electron chi connectivity index (χ1n) is 10.7. The number of hydrogen-bond donors (Lipinski definition) is 0. The van der Waals surface area contributed by atoms with E-state index in [9.17, 15) is 4.79 Å². The van der Waals surface area contributed by atoms with Crippen LogP contribution in [-0.2, 0) is 19.6 Å². The molecule has 0 saturated heterocycles. The van der Waals surface area contributed by atoms with Crippen LogP contribution in [0, 0.1) is 6.92 Å². The minimum Gasteiger partial charge on any atom is -0.497 e. The Kier molecular flexibility index (Phi) is 5.52. The zero-order valence-corrected chi connectivity index (χ0v) is 18.4. The molecule has 3 heterocycles. The maximum absolute atomic E-state index is 12.6. The monoisotopic (exact) mass is 441 g/mol. The van der Waals surface area contributed by atoms with E-state index in [1.165, 1.54) is 0 Å². The summed E-state index contributed by atoms with van der Waals surface area (Å²) in [5.74, 6) is 2.52. The Balaban J connectivity index is 1.31. The summed E-state index contributed by atoms with van der Waals surface area (Å²) in [7, 11) is 1.65. The Labute approximate surface area is 191 Å². The number of fused-ring (bicyclic) bond motifs is 3. The zero-order chi connectivity index (χ0) is 22.8. The molecule has 0 unspecified atom stereocenters. The molecule has 0 bridgehead atoms. The number of aromatic nitrogens is 3. The highest BCUT2D eigenvalue weighted by atomic mass is 16.5. The lowest BCUT2D eigenvalue weighted by molar-refractivity contribution is 0.291. The van der Waals surface area contributed by atoms with Crippen molar-refractivity contribution in [2.75, 3.05) is 7.11 Å². The molecule has 0 atom stereocenters. The van der Waals surface area contributed by atoms with Crippen LogP contribution in [0.1, 0.15) is 16.7 Å². The Bertz CT molecular complexity index is 1360. The molecule has 4 aromatic rings. The minimum absolute atomic E-state index is 0.289. The molecule has 0 spiro atoms. The van der Waals surface area contributed by atoms with Crippen LogP contribution in [0.2, 0.25) is 0 Å². The minimum atomic E-state index is -0.306. The quantitative estimate of drug-likeness (QED) is 0.437. The third-order valence-electron chi connectivity index (χ3n) is 5.58. The topological polar surface area (TPSA) is 75.5 Å². The Morgan fingerprint density at radius 1 is 0.970 bits per heavy atom. The van der Waals surface area contributed by atoms with Gasteiger partial charge in [0, 0.05) is 24.4 Å². The van der Waals surface area contributed by atoms with Gasteiger partial charge in [0.2, 0.25) is 5.88 Å². The van der Waals surface area contributed by atoms with Gasteiger partial charge in [-0.15, -0.1) is 0 Å². The van der Waals surface area contributed by atoms with E-state index in [1.807, 2.05) is 61.5 Å². The lowest BCUT2D eigenvalue weighted by atomic mass is 9.97. The zero-order valence-electron chi connectivity index (χ0n) is 18.4. The van der Waals surface area contributed by atoms with Gasteiger partial charge in [0.1, 0.15) is 23.9 Å². The lowest BCUT2D eigenvalue weighted by Gasteiger charge is -2.22. The number of ether oxygens (including phenoxy) is 3. The molecule has 2 aromatic heterocycles. The van der Waals surface area contributed by atoms with Crippen LogP contribution in [0.5, 0.6) is 23.1 Å². The second kappa shape index (κ2) is 8.78. The van der Waals surface area contributed by atoms with E-state index in [4.69, 9.17) is 14.2 Å². The summed E-state index contributed by atoms with van der Waals surface area (Å²) in [6, 6.07) is 17.2. The average molecular weight is 441 g/mol. The maximum Gasteiger partial charge on any atom is 0.351 e. The molecule has 2 aromatic carbocycles. The average Bonchev–Trinajstić information content (AvgIpc) is 2.83. The van der Waals surface area contributed by atoms with Gasteiger partial charge in [-0.2, -0.15) is 4.98 Å². The number of pyridine rings is 1. The van der Waals surface area contributed by atoms with Gasteiger partial charge >= 0.3 is 5.69 Å². The van der Waals surface area contributed by atoms with Crippen LogP contribution >= 0.6 is 0 Å². The molecule has 0 saturated carbocycles. The van der Waals surface area contributed by atoms with Crippen molar-refractivity contribution in [2.24, 2.45) is 0 Å². The molecule has 5 rings (SSSR count). The van der Waals surface area contributed by atoms with Gasteiger partial charge in [-0.25, -0.2) is 4.79 Å². The maximum atomic E-state index is 12.6. The van der Waals surface area contributed by atoms with Crippen molar-refractivity contribution in [1.29, 1.82) is 0 Å². The second-order valence-electron chi connectivity index (χ2n) is 7.92. The van der Waals surface area contributed by atoms with Crippen molar-refractivity contribution in [2.45, 2.75) is 26.5 Å². The van der Waals surface area contributed by atoms with Crippen LogP contribution in [-0.4, -0.2) is 21.6 Å². The third-order valence-corrected chi connectivity index (χ3v) is 5.58. The molecule has 0 aliphatic carbocycles. The molecule has 1 aliphatic rings. The molecule has 166 valence electrons. The number of methoxy groups -OCH3 is 1. The van der Waals surface area contributed by atoms with Gasteiger partial charge < -0.3 is 14.2 Å². The summed E-state index contributed by atoms with van der Waals surface area (Å²) in [4.78, 5) is 20.9. The van der Waals surface area contributed by atoms with E-state index in [2.05, 4.69) is 9.97 Å². The predicted octanol–water partition coefficient (Wildman–Crippen LogP) is 4.55. The van der Waals surface area contributed by atoms with Gasteiger partial charge in [-0.3, -0.25) is 9.55 Å². The highest BCUT2D eigenvalue weighted by molar-refractivity contribution is 5.67. The fourth-order valence-electron chi connectivity index (χ4n) is 3.91. The van der Waals surface area contributed by atoms with Crippen molar-refractivity contribution >= 4 is 0 Å². The predicted molar refractivity (Wildman–Crippen MR) is 124 cm³/mol. The fourth-order valence-corrected chi connectivity index (χ4v) is 3.91. The van der Waals surface area contributed by atoms with E-state index in [0.29, 0.717) is 23.9 Å².